The van der Waals surface area contributed by atoms with Crippen LogP contribution in [0.25, 0.3) is 0 Å². The molecular weight excluding hydrogens is 284 g/mol. The van der Waals surface area contributed by atoms with Gasteiger partial charge in [0.1, 0.15) is 0 Å². The number of thiophene rings is 1. The molecule has 2 heterocycles. The van der Waals surface area contributed by atoms with Crippen LogP contribution in [0, 0.1) is 12.8 Å². The van der Waals surface area contributed by atoms with Gasteiger partial charge < -0.3 is 10.2 Å². The third kappa shape index (κ3) is 2.83. The molecule has 0 unspecified atom stereocenters. The standard InChI is InChI=1S/C16H16N2O2S/c1-11-5-2-3-6-13(11)17-15(19)12-9-18(10-12)16(20)14-7-4-8-21-14/h2-8,12H,9-10H2,1H3,(H,17,19). The number of hydrogen-bond acceptors (Lipinski definition) is 3. The summed E-state index contributed by atoms with van der Waals surface area (Å²) < 4.78 is 0. The molecule has 1 aromatic heterocycles. The Morgan fingerprint density at radius 3 is 2.62 bits per heavy atom. The molecule has 0 aliphatic carbocycles. The summed E-state index contributed by atoms with van der Waals surface area (Å²) in [6, 6.07) is 11.4. The first kappa shape index (κ1) is 13.8. The predicted molar refractivity (Wildman–Crippen MR) is 83.5 cm³/mol. The van der Waals surface area contributed by atoms with E-state index in [0.717, 1.165) is 16.1 Å². The van der Waals surface area contributed by atoms with E-state index < -0.39 is 0 Å². The SMILES string of the molecule is Cc1ccccc1NC(=O)C1CN(C(=O)c2cccs2)C1. The summed E-state index contributed by atoms with van der Waals surface area (Å²) in [5.74, 6) is -0.113. The van der Waals surface area contributed by atoms with Crippen molar-refractivity contribution in [3.05, 3.63) is 52.2 Å². The van der Waals surface area contributed by atoms with Crippen LogP contribution in [0.15, 0.2) is 41.8 Å². The molecule has 1 aliphatic rings. The maximum atomic E-state index is 12.2. The van der Waals surface area contributed by atoms with Crippen LogP contribution in [-0.4, -0.2) is 29.8 Å². The fourth-order valence-corrected chi connectivity index (χ4v) is 3.01. The molecule has 108 valence electrons. The number of carbonyl (C=O) groups excluding carboxylic acids is 2. The number of nitrogens with one attached hydrogen (secondary N) is 1. The monoisotopic (exact) mass is 300 g/mol. The van der Waals surface area contributed by atoms with Crippen LogP contribution in [0.3, 0.4) is 0 Å². The summed E-state index contributed by atoms with van der Waals surface area (Å²) in [4.78, 5) is 26.7. The van der Waals surface area contributed by atoms with Gasteiger partial charge in [-0.3, -0.25) is 9.59 Å². The highest BCUT2D eigenvalue weighted by Crippen LogP contribution is 2.23. The second-order valence-corrected chi connectivity index (χ2v) is 6.14. The van der Waals surface area contributed by atoms with E-state index in [9.17, 15) is 9.59 Å². The number of hydrogen-bond donors (Lipinski definition) is 1. The van der Waals surface area contributed by atoms with Crippen molar-refractivity contribution >= 4 is 28.8 Å². The molecule has 1 fully saturated rings. The van der Waals surface area contributed by atoms with Crippen molar-refractivity contribution in [3.8, 4) is 0 Å². The van der Waals surface area contributed by atoms with Crippen LogP contribution < -0.4 is 5.32 Å². The Labute approximate surface area is 127 Å². The largest absolute Gasteiger partial charge is 0.336 e. The van der Waals surface area contributed by atoms with Gasteiger partial charge in [-0.15, -0.1) is 11.3 Å². The predicted octanol–water partition coefficient (Wildman–Crippen LogP) is 2.77. The smallest absolute Gasteiger partial charge is 0.263 e. The van der Waals surface area contributed by atoms with Crippen molar-refractivity contribution < 1.29 is 9.59 Å². The number of para-hydroxylation sites is 1. The number of amides is 2. The van der Waals surface area contributed by atoms with Gasteiger partial charge in [0.15, 0.2) is 0 Å². The first-order valence-electron chi connectivity index (χ1n) is 6.84. The maximum absolute atomic E-state index is 12.2. The summed E-state index contributed by atoms with van der Waals surface area (Å²) in [6.07, 6.45) is 0. The summed E-state index contributed by atoms with van der Waals surface area (Å²) in [5, 5.41) is 4.82. The van der Waals surface area contributed by atoms with E-state index in [2.05, 4.69) is 5.32 Å². The molecule has 4 nitrogen and oxygen atoms in total. The maximum Gasteiger partial charge on any atom is 0.263 e. The van der Waals surface area contributed by atoms with Crippen molar-refractivity contribution in [2.75, 3.05) is 18.4 Å². The first-order chi connectivity index (χ1) is 10.1. The zero-order valence-electron chi connectivity index (χ0n) is 11.7. The highest BCUT2D eigenvalue weighted by atomic mass is 32.1. The van der Waals surface area contributed by atoms with Crippen LogP contribution in [0.1, 0.15) is 15.2 Å². The van der Waals surface area contributed by atoms with E-state index in [0.29, 0.717) is 13.1 Å². The molecule has 3 rings (SSSR count). The minimum absolute atomic E-state index is 0.0143. The van der Waals surface area contributed by atoms with Crippen molar-refractivity contribution in [1.29, 1.82) is 0 Å². The number of aryl methyl sites for hydroxylation is 1. The zero-order valence-corrected chi connectivity index (χ0v) is 12.5. The molecule has 21 heavy (non-hydrogen) atoms. The topological polar surface area (TPSA) is 49.4 Å². The fraction of sp³-hybridized carbons (Fsp3) is 0.250. The van der Waals surface area contributed by atoms with Gasteiger partial charge >= 0.3 is 0 Å². The van der Waals surface area contributed by atoms with Gasteiger partial charge in [-0.05, 0) is 30.0 Å². The summed E-state index contributed by atoms with van der Waals surface area (Å²) in [6.45, 7) is 2.95. The number of carbonyl (C=O) groups is 2. The van der Waals surface area contributed by atoms with Gasteiger partial charge in [-0.25, -0.2) is 0 Å². The highest BCUT2D eigenvalue weighted by Gasteiger charge is 2.36. The molecule has 0 radical (unpaired) electrons. The van der Waals surface area contributed by atoms with E-state index >= 15 is 0 Å². The molecule has 0 spiro atoms. The molecule has 2 aromatic rings. The van der Waals surface area contributed by atoms with Gasteiger partial charge in [0.2, 0.25) is 5.91 Å². The second kappa shape index (κ2) is 5.69. The molecular formula is C16H16N2O2S. The minimum atomic E-state index is -0.117. The van der Waals surface area contributed by atoms with E-state index in [4.69, 9.17) is 0 Å². The summed E-state index contributed by atoms with van der Waals surface area (Å²) >= 11 is 1.43. The van der Waals surface area contributed by atoms with Crippen LogP contribution in [0.2, 0.25) is 0 Å². The average Bonchev–Trinajstić information content (AvgIpc) is 2.93. The van der Waals surface area contributed by atoms with Crippen LogP contribution >= 0.6 is 11.3 Å². The lowest BCUT2D eigenvalue weighted by Gasteiger charge is -2.38. The summed E-state index contributed by atoms with van der Waals surface area (Å²) in [7, 11) is 0. The normalized spacial score (nSPS) is 14.6. The average molecular weight is 300 g/mol. The van der Waals surface area contributed by atoms with Crippen molar-refractivity contribution in [2.24, 2.45) is 5.92 Å². The lowest BCUT2D eigenvalue weighted by atomic mass is 9.98. The number of rotatable bonds is 3. The van der Waals surface area contributed by atoms with Gasteiger partial charge in [0.05, 0.1) is 10.8 Å². The van der Waals surface area contributed by atoms with Crippen molar-refractivity contribution in [3.63, 3.8) is 0 Å². The Morgan fingerprint density at radius 1 is 1.19 bits per heavy atom. The fourth-order valence-electron chi connectivity index (χ4n) is 2.31. The molecule has 2 amide bonds. The number of benzene rings is 1. The van der Waals surface area contributed by atoms with E-state index in [-0.39, 0.29) is 17.7 Å². The molecule has 1 aliphatic heterocycles. The van der Waals surface area contributed by atoms with Crippen LogP contribution in [-0.2, 0) is 4.79 Å². The molecule has 1 saturated heterocycles. The first-order valence-corrected chi connectivity index (χ1v) is 7.72. The highest BCUT2D eigenvalue weighted by molar-refractivity contribution is 7.12. The Balaban J connectivity index is 1.55. The molecule has 1 aromatic carbocycles. The Hall–Kier alpha value is -2.14. The molecule has 0 atom stereocenters. The van der Waals surface area contributed by atoms with Crippen molar-refractivity contribution in [2.45, 2.75) is 6.92 Å². The minimum Gasteiger partial charge on any atom is -0.336 e. The van der Waals surface area contributed by atoms with Gasteiger partial charge in [-0.2, -0.15) is 0 Å². The van der Waals surface area contributed by atoms with Gasteiger partial charge in [0.25, 0.3) is 5.91 Å². The zero-order chi connectivity index (χ0) is 14.8. The Morgan fingerprint density at radius 2 is 1.95 bits per heavy atom. The van der Waals surface area contributed by atoms with E-state index in [1.165, 1.54) is 11.3 Å². The van der Waals surface area contributed by atoms with Crippen LogP contribution in [0.4, 0.5) is 5.69 Å². The van der Waals surface area contributed by atoms with Gasteiger partial charge in [-0.1, -0.05) is 24.3 Å². The lowest BCUT2D eigenvalue weighted by molar-refractivity contribution is -0.123. The molecule has 0 saturated carbocycles. The van der Waals surface area contributed by atoms with Crippen LogP contribution in [0.5, 0.6) is 0 Å². The molecule has 0 bridgehead atoms. The Kier molecular flexibility index (Phi) is 3.75. The number of anilines is 1. The Bertz CT molecular complexity index is 661. The number of likely N-dealkylation sites (tertiary alicyclic amines) is 1. The third-order valence-electron chi connectivity index (χ3n) is 3.67. The van der Waals surface area contributed by atoms with Gasteiger partial charge in [0, 0.05) is 18.8 Å². The molecule has 1 N–H and O–H groups in total. The second-order valence-electron chi connectivity index (χ2n) is 5.19. The quantitative estimate of drug-likeness (QED) is 0.947. The van der Waals surface area contributed by atoms with Crippen molar-refractivity contribution in [1.82, 2.24) is 4.90 Å². The molecule has 5 heteroatoms. The van der Waals surface area contributed by atoms with E-state index in [1.807, 2.05) is 48.7 Å². The number of nitrogens with zero attached hydrogens (tertiary/aromatic N) is 1. The lowest BCUT2D eigenvalue weighted by Crippen LogP contribution is -2.54. The van der Waals surface area contributed by atoms with E-state index in [1.54, 1.807) is 4.90 Å². The third-order valence-corrected chi connectivity index (χ3v) is 4.53. The summed E-state index contributed by atoms with van der Waals surface area (Å²) in [5.41, 5.74) is 1.88.